The number of hydrogen-bond acceptors (Lipinski definition) is 5. The lowest BCUT2D eigenvalue weighted by molar-refractivity contribution is -0.130. The summed E-state index contributed by atoms with van der Waals surface area (Å²) >= 11 is 0. The minimum atomic E-state index is -0.378. The van der Waals surface area contributed by atoms with E-state index in [0.717, 1.165) is 0 Å². The van der Waals surface area contributed by atoms with Crippen LogP contribution in [0.15, 0.2) is 34.9 Å². The maximum atomic E-state index is 11.9. The van der Waals surface area contributed by atoms with E-state index in [1.807, 2.05) is 0 Å². The summed E-state index contributed by atoms with van der Waals surface area (Å²) in [6.45, 7) is 1.71. The number of carbonyl (C=O) groups excluding carboxylic acids is 2. The fourth-order valence-electron chi connectivity index (χ4n) is 1.57. The van der Waals surface area contributed by atoms with Crippen molar-refractivity contribution in [2.45, 2.75) is 6.92 Å². The highest BCUT2D eigenvalue weighted by atomic mass is 16.5. The van der Waals surface area contributed by atoms with Gasteiger partial charge in [0.05, 0.1) is 5.69 Å². The van der Waals surface area contributed by atoms with Crippen molar-refractivity contribution in [2.75, 3.05) is 26.0 Å². The van der Waals surface area contributed by atoms with Gasteiger partial charge in [0.15, 0.2) is 6.61 Å². The van der Waals surface area contributed by atoms with Crippen LogP contribution in [0.1, 0.15) is 16.2 Å². The summed E-state index contributed by atoms with van der Waals surface area (Å²) in [4.78, 5) is 24.7. The molecule has 22 heavy (non-hydrogen) atoms. The van der Waals surface area contributed by atoms with Gasteiger partial charge in [0.2, 0.25) is 5.76 Å². The second-order valence-electron chi connectivity index (χ2n) is 4.89. The molecule has 1 N–H and O–H groups in total. The van der Waals surface area contributed by atoms with Crippen molar-refractivity contribution in [3.63, 3.8) is 0 Å². The SMILES string of the molecule is Cc1cc(C(=O)Nc2ccc(OCC(=O)N(C)C)cc2)on1. The van der Waals surface area contributed by atoms with Gasteiger partial charge in [-0.3, -0.25) is 9.59 Å². The van der Waals surface area contributed by atoms with Crippen molar-refractivity contribution in [1.29, 1.82) is 0 Å². The largest absolute Gasteiger partial charge is 0.484 e. The normalized spacial score (nSPS) is 10.1. The minimum absolute atomic E-state index is 0.0317. The van der Waals surface area contributed by atoms with Crippen molar-refractivity contribution < 1.29 is 18.8 Å². The van der Waals surface area contributed by atoms with Crippen molar-refractivity contribution in [3.05, 3.63) is 41.8 Å². The molecule has 0 radical (unpaired) electrons. The zero-order chi connectivity index (χ0) is 16.1. The first-order valence-corrected chi connectivity index (χ1v) is 6.63. The number of rotatable bonds is 5. The molecule has 0 aliphatic carbocycles. The van der Waals surface area contributed by atoms with E-state index >= 15 is 0 Å². The number of ether oxygens (including phenoxy) is 1. The molecule has 0 saturated carbocycles. The Morgan fingerprint density at radius 1 is 1.27 bits per heavy atom. The number of hydrogen-bond donors (Lipinski definition) is 1. The van der Waals surface area contributed by atoms with E-state index in [1.54, 1.807) is 51.4 Å². The Morgan fingerprint density at radius 3 is 2.50 bits per heavy atom. The zero-order valence-electron chi connectivity index (χ0n) is 12.6. The number of carbonyl (C=O) groups is 2. The first-order chi connectivity index (χ1) is 10.5. The topological polar surface area (TPSA) is 84.7 Å². The van der Waals surface area contributed by atoms with Gasteiger partial charge in [0, 0.05) is 25.8 Å². The molecule has 2 rings (SSSR count). The summed E-state index contributed by atoms with van der Waals surface area (Å²) in [5.41, 5.74) is 1.23. The van der Waals surface area contributed by atoms with Crippen LogP contribution in [0.25, 0.3) is 0 Å². The van der Waals surface area contributed by atoms with Crippen LogP contribution < -0.4 is 10.1 Å². The van der Waals surface area contributed by atoms with Crippen molar-refractivity contribution in [3.8, 4) is 5.75 Å². The third-order valence-corrected chi connectivity index (χ3v) is 2.83. The van der Waals surface area contributed by atoms with Crippen LogP contribution in [0.3, 0.4) is 0 Å². The first-order valence-electron chi connectivity index (χ1n) is 6.63. The Balaban J connectivity index is 1.91. The lowest BCUT2D eigenvalue weighted by Crippen LogP contribution is -2.27. The monoisotopic (exact) mass is 303 g/mol. The van der Waals surface area contributed by atoms with Gasteiger partial charge in [0.25, 0.3) is 11.8 Å². The summed E-state index contributed by atoms with van der Waals surface area (Å²) in [7, 11) is 3.32. The van der Waals surface area contributed by atoms with Gasteiger partial charge in [-0.15, -0.1) is 0 Å². The van der Waals surface area contributed by atoms with Gasteiger partial charge in [-0.05, 0) is 31.2 Å². The highest BCUT2D eigenvalue weighted by molar-refractivity contribution is 6.02. The molecule has 1 heterocycles. The molecule has 0 aliphatic rings. The van der Waals surface area contributed by atoms with E-state index in [4.69, 9.17) is 9.26 Å². The van der Waals surface area contributed by atoms with Crippen LogP contribution in [-0.4, -0.2) is 42.6 Å². The average Bonchev–Trinajstić information content (AvgIpc) is 2.92. The number of benzene rings is 1. The van der Waals surface area contributed by atoms with Crippen molar-refractivity contribution in [2.24, 2.45) is 0 Å². The smallest absolute Gasteiger partial charge is 0.294 e. The molecule has 116 valence electrons. The number of nitrogens with zero attached hydrogens (tertiary/aromatic N) is 2. The molecule has 7 heteroatoms. The molecule has 0 unspecified atom stereocenters. The quantitative estimate of drug-likeness (QED) is 0.908. The predicted octanol–water partition coefficient (Wildman–Crippen LogP) is 1.70. The van der Waals surface area contributed by atoms with Gasteiger partial charge in [-0.1, -0.05) is 5.16 Å². The molecule has 0 saturated heterocycles. The molecule has 0 atom stereocenters. The van der Waals surface area contributed by atoms with Crippen LogP contribution in [0, 0.1) is 6.92 Å². The number of aromatic nitrogens is 1. The molecule has 0 aliphatic heterocycles. The van der Waals surface area contributed by atoms with Crippen molar-refractivity contribution in [1.82, 2.24) is 10.1 Å². The third kappa shape index (κ3) is 4.08. The summed E-state index contributed by atoms with van der Waals surface area (Å²) in [5.74, 6) is 0.188. The van der Waals surface area contributed by atoms with Crippen LogP contribution >= 0.6 is 0 Å². The first kappa shape index (κ1) is 15.6. The van der Waals surface area contributed by atoms with Gasteiger partial charge >= 0.3 is 0 Å². The number of amides is 2. The molecule has 1 aromatic carbocycles. The van der Waals surface area contributed by atoms with Gasteiger partial charge in [-0.25, -0.2) is 0 Å². The summed E-state index contributed by atoms with van der Waals surface area (Å²) in [6.07, 6.45) is 0. The van der Waals surface area contributed by atoms with E-state index in [9.17, 15) is 9.59 Å². The summed E-state index contributed by atoms with van der Waals surface area (Å²) in [6, 6.07) is 8.25. The number of nitrogens with one attached hydrogen (secondary N) is 1. The number of aryl methyl sites for hydroxylation is 1. The Morgan fingerprint density at radius 2 is 1.95 bits per heavy atom. The maximum Gasteiger partial charge on any atom is 0.294 e. The minimum Gasteiger partial charge on any atom is -0.484 e. The zero-order valence-corrected chi connectivity index (χ0v) is 12.6. The van der Waals surface area contributed by atoms with Crippen LogP contribution in [0.4, 0.5) is 5.69 Å². The molecule has 2 amide bonds. The fraction of sp³-hybridized carbons (Fsp3) is 0.267. The van der Waals surface area contributed by atoms with Gasteiger partial charge in [0.1, 0.15) is 5.75 Å². The second kappa shape index (κ2) is 6.75. The lowest BCUT2D eigenvalue weighted by atomic mass is 10.3. The van der Waals surface area contributed by atoms with E-state index in [-0.39, 0.29) is 24.2 Å². The molecular formula is C15H17N3O4. The Kier molecular flexibility index (Phi) is 4.77. The Labute approximate surface area is 127 Å². The van der Waals surface area contributed by atoms with Crippen LogP contribution in [-0.2, 0) is 4.79 Å². The molecular weight excluding hydrogens is 286 g/mol. The molecule has 1 aromatic heterocycles. The molecule has 0 spiro atoms. The lowest BCUT2D eigenvalue weighted by Gasteiger charge is -2.11. The predicted molar refractivity (Wildman–Crippen MR) is 79.8 cm³/mol. The second-order valence-corrected chi connectivity index (χ2v) is 4.89. The molecule has 0 bridgehead atoms. The van der Waals surface area contributed by atoms with Crippen LogP contribution in [0.2, 0.25) is 0 Å². The van der Waals surface area contributed by atoms with Crippen LogP contribution in [0.5, 0.6) is 5.75 Å². The van der Waals surface area contributed by atoms with E-state index in [0.29, 0.717) is 17.1 Å². The highest BCUT2D eigenvalue weighted by Gasteiger charge is 2.11. The molecule has 7 nitrogen and oxygen atoms in total. The van der Waals surface area contributed by atoms with E-state index in [1.165, 1.54) is 4.90 Å². The number of likely N-dealkylation sites (N-methyl/N-ethyl adjacent to an activating group) is 1. The fourth-order valence-corrected chi connectivity index (χ4v) is 1.57. The number of anilines is 1. The standard InChI is InChI=1S/C15H17N3O4/c1-10-8-13(22-17-10)15(20)16-11-4-6-12(7-5-11)21-9-14(19)18(2)3/h4-8H,9H2,1-3H3,(H,16,20). The Hall–Kier alpha value is -2.83. The highest BCUT2D eigenvalue weighted by Crippen LogP contribution is 2.16. The van der Waals surface area contributed by atoms with Gasteiger partial charge in [-0.2, -0.15) is 0 Å². The summed E-state index contributed by atoms with van der Waals surface area (Å²) in [5, 5.41) is 6.34. The van der Waals surface area contributed by atoms with E-state index in [2.05, 4.69) is 10.5 Å². The van der Waals surface area contributed by atoms with Gasteiger partial charge < -0.3 is 19.5 Å². The molecule has 2 aromatic rings. The third-order valence-electron chi connectivity index (χ3n) is 2.83. The van der Waals surface area contributed by atoms with Crippen molar-refractivity contribution >= 4 is 17.5 Å². The maximum absolute atomic E-state index is 11.9. The average molecular weight is 303 g/mol. The summed E-state index contributed by atoms with van der Waals surface area (Å²) < 4.78 is 10.2. The Bertz CT molecular complexity index is 662. The molecule has 0 fully saturated rings. The van der Waals surface area contributed by atoms with E-state index < -0.39 is 0 Å².